The molecular weight excluding hydrogens is 591 g/mol. The molecule has 9 rings (SSSR count). The molecule has 49 heavy (non-hydrogen) atoms. The van der Waals surface area contributed by atoms with Gasteiger partial charge in [-0.1, -0.05) is 164 Å². The summed E-state index contributed by atoms with van der Waals surface area (Å²) in [7, 11) is 0. The fourth-order valence-electron chi connectivity index (χ4n) is 7.30. The Morgan fingerprint density at radius 3 is 1.00 bits per heavy atom. The first-order valence-electron chi connectivity index (χ1n) is 16.9. The lowest BCUT2D eigenvalue weighted by Gasteiger charge is -2.26. The molecule has 0 saturated carbocycles. The molecule has 1 heteroatoms. The van der Waals surface area contributed by atoms with Crippen molar-refractivity contribution in [1.82, 2.24) is 0 Å². The molecule has 0 N–H and O–H groups in total. The van der Waals surface area contributed by atoms with Crippen LogP contribution in [0.25, 0.3) is 65.7 Å². The van der Waals surface area contributed by atoms with Gasteiger partial charge in [-0.05, 0) is 102 Å². The van der Waals surface area contributed by atoms with E-state index in [2.05, 4.69) is 205 Å². The smallest absolute Gasteiger partial charge is 0.0462 e. The van der Waals surface area contributed by atoms with Crippen LogP contribution in [0.1, 0.15) is 0 Å². The molecule has 0 saturated heterocycles. The molecule has 9 aromatic rings. The third kappa shape index (κ3) is 5.23. The van der Waals surface area contributed by atoms with Crippen LogP contribution in [0.3, 0.4) is 0 Å². The maximum atomic E-state index is 2.35. The molecule has 0 heterocycles. The molecule has 0 fully saturated rings. The Hall–Kier alpha value is -6.44. The van der Waals surface area contributed by atoms with Crippen LogP contribution in [0.2, 0.25) is 0 Å². The van der Waals surface area contributed by atoms with Crippen molar-refractivity contribution in [1.29, 1.82) is 0 Å². The van der Waals surface area contributed by atoms with Gasteiger partial charge in [0.15, 0.2) is 0 Å². The summed E-state index contributed by atoms with van der Waals surface area (Å²) < 4.78 is 0. The van der Waals surface area contributed by atoms with E-state index >= 15 is 0 Å². The SMILES string of the molecule is c1ccc(-c2ccc(N(c3ccc(-c4ccccc4)cc3)c3ccc(-c4cccc5c6ccccc6c6ccccc6c45)cc3)cc2)cc1. The van der Waals surface area contributed by atoms with Gasteiger partial charge in [-0.3, -0.25) is 0 Å². The summed E-state index contributed by atoms with van der Waals surface area (Å²) in [5.74, 6) is 0. The van der Waals surface area contributed by atoms with Crippen LogP contribution < -0.4 is 4.90 Å². The summed E-state index contributed by atoms with van der Waals surface area (Å²) in [5.41, 5.74) is 10.6. The number of hydrogen-bond donors (Lipinski definition) is 0. The highest BCUT2D eigenvalue weighted by Gasteiger charge is 2.16. The monoisotopic (exact) mass is 623 g/mol. The lowest BCUT2D eigenvalue weighted by Crippen LogP contribution is -2.09. The largest absolute Gasteiger partial charge is 0.311 e. The van der Waals surface area contributed by atoms with E-state index in [1.165, 1.54) is 65.7 Å². The van der Waals surface area contributed by atoms with Crippen LogP contribution in [0.4, 0.5) is 17.1 Å². The molecule has 0 spiro atoms. The lowest BCUT2D eigenvalue weighted by molar-refractivity contribution is 1.28. The van der Waals surface area contributed by atoms with E-state index in [4.69, 9.17) is 0 Å². The van der Waals surface area contributed by atoms with Crippen LogP contribution in [0.5, 0.6) is 0 Å². The third-order valence-corrected chi connectivity index (χ3v) is 9.67. The van der Waals surface area contributed by atoms with E-state index in [1.807, 2.05) is 0 Å². The molecule has 0 bridgehead atoms. The van der Waals surface area contributed by atoms with Crippen molar-refractivity contribution in [2.45, 2.75) is 0 Å². The zero-order chi connectivity index (χ0) is 32.6. The highest BCUT2D eigenvalue weighted by molar-refractivity contribution is 6.28. The van der Waals surface area contributed by atoms with Crippen molar-refractivity contribution in [2.24, 2.45) is 0 Å². The zero-order valence-corrected chi connectivity index (χ0v) is 27.0. The first-order valence-corrected chi connectivity index (χ1v) is 16.9. The third-order valence-electron chi connectivity index (χ3n) is 9.67. The average molecular weight is 624 g/mol. The molecule has 0 amide bonds. The van der Waals surface area contributed by atoms with Gasteiger partial charge in [0.05, 0.1) is 0 Å². The van der Waals surface area contributed by atoms with Gasteiger partial charge < -0.3 is 4.90 Å². The minimum atomic E-state index is 1.11. The van der Waals surface area contributed by atoms with Gasteiger partial charge in [0.25, 0.3) is 0 Å². The molecule has 9 aromatic carbocycles. The van der Waals surface area contributed by atoms with Crippen molar-refractivity contribution in [3.8, 4) is 33.4 Å². The van der Waals surface area contributed by atoms with Crippen LogP contribution in [0, 0.1) is 0 Å². The van der Waals surface area contributed by atoms with Crippen molar-refractivity contribution in [2.75, 3.05) is 4.90 Å². The van der Waals surface area contributed by atoms with Crippen molar-refractivity contribution in [3.63, 3.8) is 0 Å². The normalized spacial score (nSPS) is 11.3. The average Bonchev–Trinajstić information content (AvgIpc) is 3.19. The van der Waals surface area contributed by atoms with Gasteiger partial charge in [0.1, 0.15) is 0 Å². The molecule has 0 aliphatic rings. The number of hydrogen-bond acceptors (Lipinski definition) is 1. The maximum absolute atomic E-state index is 2.35. The quantitative estimate of drug-likeness (QED) is 0.167. The number of nitrogens with zero attached hydrogens (tertiary/aromatic N) is 1. The molecule has 0 radical (unpaired) electrons. The summed E-state index contributed by atoms with van der Waals surface area (Å²) in [6.07, 6.45) is 0. The van der Waals surface area contributed by atoms with E-state index < -0.39 is 0 Å². The zero-order valence-electron chi connectivity index (χ0n) is 27.0. The van der Waals surface area contributed by atoms with E-state index in [1.54, 1.807) is 0 Å². The second-order valence-corrected chi connectivity index (χ2v) is 12.5. The maximum Gasteiger partial charge on any atom is 0.0462 e. The molecular formula is C48H33N. The van der Waals surface area contributed by atoms with Crippen molar-refractivity contribution < 1.29 is 0 Å². The summed E-state index contributed by atoms with van der Waals surface area (Å²) in [5, 5.41) is 7.75. The fraction of sp³-hybridized carbons (Fsp3) is 0. The van der Waals surface area contributed by atoms with Crippen molar-refractivity contribution in [3.05, 3.63) is 200 Å². The number of rotatable bonds is 6. The van der Waals surface area contributed by atoms with Gasteiger partial charge in [-0.15, -0.1) is 0 Å². The van der Waals surface area contributed by atoms with Gasteiger partial charge in [0.2, 0.25) is 0 Å². The standard InChI is InChI=1S/C48H33N/c1-3-12-34(13-4-1)36-22-28-39(29-23-36)49(40-30-24-37(25-31-40)35-14-5-2-6-15-35)41-32-26-38(27-33-41)42-20-11-21-47-45-17-8-7-16-43(45)44-18-9-10-19-46(44)48(42)47/h1-33H. The molecule has 1 nitrogen and oxygen atoms in total. The van der Waals surface area contributed by atoms with Crippen LogP contribution >= 0.6 is 0 Å². The molecule has 0 aromatic heterocycles. The van der Waals surface area contributed by atoms with Crippen LogP contribution in [0.15, 0.2) is 200 Å². The topological polar surface area (TPSA) is 3.24 Å². The van der Waals surface area contributed by atoms with Gasteiger partial charge >= 0.3 is 0 Å². The van der Waals surface area contributed by atoms with Crippen molar-refractivity contribution >= 4 is 49.4 Å². The number of anilines is 3. The van der Waals surface area contributed by atoms with Crippen LogP contribution in [-0.4, -0.2) is 0 Å². The Kier molecular flexibility index (Phi) is 7.22. The van der Waals surface area contributed by atoms with Gasteiger partial charge in [0, 0.05) is 17.1 Å². The Bertz CT molecular complexity index is 2420. The molecule has 230 valence electrons. The highest BCUT2D eigenvalue weighted by atomic mass is 15.1. The first-order chi connectivity index (χ1) is 24.3. The second kappa shape index (κ2) is 12.3. The second-order valence-electron chi connectivity index (χ2n) is 12.5. The Morgan fingerprint density at radius 1 is 0.224 bits per heavy atom. The predicted molar refractivity (Wildman–Crippen MR) is 210 cm³/mol. The summed E-state index contributed by atoms with van der Waals surface area (Å²) in [6, 6.07) is 72.3. The first kappa shape index (κ1) is 28.8. The molecule has 0 unspecified atom stereocenters. The van der Waals surface area contributed by atoms with E-state index in [-0.39, 0.29) is 0 Å². The Labute approximate surface area is 287 Å². The number of benzene rings is 9. The highest BCUT2D eigenvalue weighted by Crippen LogP contribution is 2.42. The summed E-state index contributed by atoms with van der Waals surface area (Å²) in [6.45, 7) is 0. The summed E-state index contributed by atoms with van der Waals surface area (Å²) in [4.78, 5) is 2.35. The van der Waals surface area contributed by atoms with E-state index in [0.717, 1.165) is 17.1 Å². The molecule has 0 aliphatic heterocycles. The van der Waals surface area contributed by atoms with Crippen LogP contribution in [-0.2, 0) is 0 Å². The Balaban J connectivity index is 1.16. The predicted octanol–water partition coefficient (Wildman–Crippen LogP) is 13.6. The number of fused-ring (bicyclic) bond motifs is 6. The van der Waals surface area contributed by atoms with Gasteiger partial charge in [-0.25, -0.2) is 0 Å². The van der Waals surface area contributed by atoms with Gasteiger partial charge in [-0.2, -0.15) is 0 Å². The van der Waals surface area contributed by atoms with E-state index in [9.17, 15) is 0 Å². The molecule has 0 atom stereocenters. The summed E-state index contributed by atoms with van der Waals surface area (Å²) >= 11 is 0. The minimum absolute atomic E-state index is 1.11. The minimum Gasteiger partial charge on any atom is -0.311 e. The molecule has 0 aliphatic carbocycles. The Morgan fingerprint density at radius 2 is 0.551 bits per heavy atom. The van der Waals surface area contributed by atoms with E-state index in [0.29, 0.717) is 0 Å². The fourth-order valence-corrected chi connectivity index (χ4v) is 7.30. The lowest BCUT2D eigenvalue weighted by atomic mass is 9.89.